The standard InChI is InChI=1S/C10H21NOS/c1-2-5-11-6-9-13-10-3-7-12-8-4-10/h10-11H,2-9H2,1H3. The molecule has 0 aliphatic carbocycles. The average molecular weight is 203 g/mol. The van der Waals surface area contributed by atoms with E-state index in [9.17, 15) is 0 Å². The average Bonchev–Trinajstić information content (AvgIpc) is 2.19. The lowest BCUT2D eigenvalue weighted by Crippen LogP contribution is -2.22. The van der Waals surface area contributed by atoms with Crippen LogP contribution in [-0.4, -0.2) is 37.3 Å². The summed E-state index contributed by atoms with van der Waals surface area (Å²) in [6, 6.07) is 0. The third-order valence-corrected chi connectivity index (χ3v) is 3.61. The van der Waals surface area contributed by atoms with Gasteiger partial charge in [0.05, 0.1) is 0 Å². The maximum atomic E-state index is 5.32. The molecule has 0 bridgehead atoms. The van der Waals surface area contributed by atoms with Crippen molar-refractivity contribution in [2.75, 3.05) is 32.1 Å². The normalized spacial score (nSPS) is 19.2. The first-order valence-corrected chi connectivity index (χ1v) is 6.38. The highest BCUT2D eigenvalue weighted by Crippen LogP contribution is 2.21. The number of ether oxygens (including phenoxy) is 1. The summed E-state index contributed by atoms with van der Waals surface area (Å²) in [5, 5.41) is 4.28. The Morgan fingerprint density at radius 2 is 2.08 bits per heavy atom. The minimum absolute atomic E-state index is 0.858. The molecule has 0 aromatic rings. The van der Waals surface area contributed by atoms with Crippen LogP contribution >= 0.6 is 11.8 Å². The third kappa shape index (κ3) is 5.55. The van der Waals surface area contributed by atoms with Crippen LogP contribution in [0.3, 0.4) is 0 Å². The van der Waals surface area contributed by atoms with E-state index in [2.05, 4.69) is 24.0 Å². The van der Waals surface area contributed by atoms with Crippen LogP contribution in [0.25, 0.3) is 0 Å². The Balaban J connectivity index is 1.86. The van der Waals surface area contributed by atoms with E-state index in [1.54, 1.807) is 0 Å². The van der Waals surface area contributed by atoms with Crippen molar-refractivity contribution in [3.63, 3.8) is 0 Å². The van der Waals surface area contributed by atoms with Gasteiger partial charge in [-0.05, 0) is 25.8 Å². The van der Waals surface area contributed by atoms with Crippen molar-refractivity contribution in [3.8, 4) is 0 Å². The molecule has 1 heterocycles. The van der Waals surface area contributed by atoms with Crippen LogP contribution < -0.4 is 5.32 Å². The zero-order valence-corrected chi connectivity index (χ0v) is 9.37. The van der Waals surface area contributed by atoms with Crippen molar-refractivity contribution in [1.29, 1.82) is 0 Å². The first kappa shape index (κ1) is 11.3. The molecule has 2 nitrogen and oxygen atoms in total. The zero-order chi connectivity index (χ0) is 9.36. The molecule has 0 saturated carbocycles. The van der Waals surface area contributed by atoms with Crippen LogP contribution in [-0.2, 0) is 4.74 Å². The van der Waals surface area contributed by atoms with Crippen LogP contribution in [0.5, 0.6) is 0 Å². The van der Waals surface area contributed by atoms with Gasteiger partial charge in [0.2, 0.25) is 0 Å². The van der Waals surface area contributed by atoms with Gasteiger partial charge in [0.1, 0.15) is 0 Å². The number of hydrogen-bond acceptors (Lipinski definition) is 3. The smallest absolute Gasteiger partial charge is 0.0476 e. The molecule has 0 aromatic heterocycles. The van der Waals surface area contributed by atoms with E-state index in [1.165, 1.54) is 25.0 Å². The van der Waals surface area contributed by atoms with E-state index in [0.29, 0.717) is 0 Å². The van der Waals surface area contributed by atoms with Crippen molar-refractivity contribution in [2.45, 2.75) is 31.4 Å². The molecule has 1 N–H and O–H groups in total. The van der Waals surface area contributed by atoms with Crippen LogP contribution in [0.1, 0.15) is 26.2 Å². The Morgan fingerprint density at radius 3 is 2.77 bits per heavy atom. The van der Waals surface area contributed by atoms with Crippen molar-refractivity contribution >= 4 is 11.8 Å². The van der Waals surface area contributed by atoms with Gasteiger partial charge < -0.3 is 10.1 Å². The van der Waals surface area contributed by atoms with Crippen LogP contribution in [0.15, 0.2) is 0 Å². The number of nitrogens with one attached hydrogen (secondary N) is 1. The summed E-state index contributed by atoms with van der Waals surface area (Å²) < 4.78 is 5.32. The minimum atomic E-state index is 0.858. The monoisotopic (exact) mass is 203 g/mol. The summed E-state index contributed by atoms with van der Waals surface area (Å²) in [7, 11) is 0. The SMILES string of the molecule is CCCNCCSC1CCOCC1. The number of hydrogen-bond donors (Lipinski definition) is 1. The quantitative estimate of drug-likeness (QED) is 0.666. The highest BCUT2D eigenvalue weighted by Gasteiger charge is 2.12. The van der Waals surface area contributed by atoms with Crippen LogP contribution in [0, 0.1) is 0 Å². The molecule has 1 fully saturated rings. The van der Waals surface area contributed by atoms with E-state index in [0.717, 1.165) is 31.6 Å². The summed E-state index contributed by atoms with van der Waals surface area (Å²) in [5.74, 6) is 1.25. The van der Waals surface area contributed by atoms with Gasteiger partial charge in [-0.3, -0.25) is 0 Å². The molecule has 0 unspecified atom stereocenters. The lowest BCUT2D eigenvalue weighted by molar-refractivity contribution is 0.100. The largest absolute Gasteiger partial charge is 0.381 e. The maximum absolute atomic E-state index is 5.32. The Hall–Kier alpha value is 0.270. The van der Waals surface area contributed by atoms with E-state index in [-0.39, 0.29) is 0 Å². The van der Waals surface area contributed by atoms with Gasteiger partial charge in [-0.2, -0.15) is 11.8 Å². The highest BCUT2D eigenvalue weighted by molar-refractivity contribution is 7.99. The predicted octanol–water partition coefficient (Wildman–Crippen LogP) is 1.90. The molecule has 3 heteroatoms. The molecule has 0 spiro atoms. The molecule has 13 heavy (non-hydrogen) atoms. The van der Waals surface area contributed by atoms with Crippen molar-refractivity contribution in [1.82, 2.24) is 5.32 Å². The van der Waals surface area contributed by atoms with Gasteiger partial charge in [-0.1, -0.05) is 6.92 Å². The minimum Gasteiger partial charge on any atom is -0.381 e. The van der Waals surface area contributed by atoms with Crippen LogP contribution in [0.4, 0.5) is 0 Å². The van der Waals surface area contributed by atoms with Gasteiger partial charge in [0.15, 0.2) is 0 Å². The topological polar surface area (TPSA) is 21.3 Å². The molecule has 0 radical (unpaired) electrons. The Kier molecular flexibility index (Phi) is 6.68. The van der Waals surface area contributed by atoms with E-state index >= 15 is 0 Å². The fourth-order valence-corrected chi connectivity index (χ4v) is 2.56. The highest BCUT2D eigenvalue weighted by atomic mass is 32.2. The van der Waals surface area contributed by atoms with Gasteiger partial charge in [0.25, 0.3) is 0 Å². The lowest BCUT2D eigenvalue weighted by Gasteiger charge is -2.21. The van der Waals surface area contributed by atoms with Crippen LogP contribution in [0.2, 0.25) is 0 Å². The zero-order valence-electron chi connectivity index (χ0n) is 8.55. The van der Waals surface area contributed by atoms with E-state index in [4.69, 9.17) is 4.74 Å². The summed E-state index contributed by atoms with van der Waals surface area (Å²) in [4.78, 5) is 0. The predicted molar refractivity (Wildman–Crippen MR) is 59.5 cm³/mol. The fraction of sp³-hybridized carbons (Fsp3) is 1.00. The molecule has 1 rings (SSSR count). The molecule has 0 atom stereocenters. The Bertz CT molecular complexity index is 115. The second kappa shape index (κ2) is 7.65. The second-order valence-electron chi connectivity index (χ2n) is 3.43. The first-order chi connectivity index (χ1) is 6.43. The summed E-state index contributed by atoms with van der Waals surface area (Å²) >= 11 is 2.11. The molecule has 0 aromatic carbocycles. The van der Waals surface area contributed by atoms with Crippen molar-refractivity contribution < 1.29 is 4.74 Å². The van der Waals surface area contributed by atoms with Crippen molar-refractivity contribution in [3.05, 3.63) is 0 Å². The summed E-state index contributed by atoms with van der Waals surface area (Å²) in [6.45, 7) is 6.48. The number of rotatable bonds is 6. The molecule has 1 aliphatic rings. The Morgan fingerprint density at radius 1 is 1.31 bits per heavy atom. The first-order valence-electron chi connectivity index (χ1n) is 5.33. The molecular weight excluding hydrogens is 182 g/mol. The Labute approximate surface area is 85.8 Å². The third-order valence-electron chi connectivity index (χ3n) is 2.23. The summed E-state index contributed by atoms with van der Waals surface area (Å²) in [5.41, 5.74) is 0. The molecule has 78 valence electrons. The molecule has 1 aliphatic heterocycles. The maximum Gasteiger partial charge on any atom is 0.0476 e. The molecule has 1 saturated heterocycles. The van der Waals surface area contributed by atoms with Gasteiger partial charge in [-0.15, -0.1) is 0 Å². The second-order valence-corrected chi connectivity index (χ2v) is 4.84. The van der Waals surface area contributed by atoms with E-state index in [1.807, 2.05) is 0 Å². The molecular formula is C10H21NOS. The van der Waals surface area contributed by atoms with Gasteiger partial charge in [0, 0.05) is 30.8 Å². The van der Waals surface area contributed by atoms with Crippen molar-refractivity contribution in [2.24, 2.45) is 0 Å². The number of thioether (sulfide) groups is 1. The van der Waals surface area contributed by atoms with Gasteiger partial charge >= 0.3 is 0 Å². The van der Waals surface area contributed by atoms with E-state index < -0.39 is 0 Å². The fourth-order valence-electron chi connectivity index (χ4n) is 1.44. The lowest BCUT2D eigenvalue weighted by atomic mass is 10.2. The molecule has 0 amide bonds. The summed E-state index contributed by atoms with van der Waals surface area (Å²) in [6.07, 6.45) is 3.73. The van der Waals surface area contributed by atoms with Gasteiger partial charge in [-0.25, -0.2) is 0 Å².